The number of aliphatic hydroxyl groups is 1. The Hall–Kier alpha value is -0.320. The van der Waals surface area contributed by atoms with Crippen molar-refractivity contribution in [2.24, 2.45) is 17.8 Å². The minimum absolute atomic E-state index is 0. The van der Waals surface area contributed by atoms with Crippen LogP contribution < -0.4 is 5.32 Å². The SMILES string of the molecule is Cl.O=C(CN(CCO)C1CCCCC1)NC12CC3CC(CC(C3)C1)C2. The van der Waals surface area contributed by atoms with Crippen LogP contribution in [0.4, 0.5) is 0 Å². The Labute approximate surface area is 158 Å². The van der Waals surface area contributed by atoms with E-state index in [2.05, 4.69) is 10.2 Å². The lowest BCUT2D eigenvalue weighted by Gasteiger charge is -2.57. The van der Waals surface area contributed by atoms with Crippen molar-refractivity contribution in [3.63, 3.8) is 0 Å². The largest absolute Gasteiger partial charge is 0.395 e. The second-order valence-corrected chi connectivity index (χ2v) is 9.23. The molecule has 0 aromatic heterocycles. The lowest BCUT2D eigenvalue weighted by Crippen LogP contribution is -2.61. The van der Waals surface area contributed by atoms with E-state index in [9.17, 15) is 9.90 Å². The van der Waals surface area contributed by atoms with E-state index in [-0.39, 0.29) is 30.5 Å². The molecule has 5 rings (SSSR count). The van der Waals surface area contributed by atoms with Crippen molar-refractivity contribution in [1.29, 1.82) is 0 Å². The Morgan fingerprint density at radius 3 is 2.08 bits per heavy atom. The summed E-state index contributed by atoms with van der Waals surface area (Å²) in [5.41, 5.74) is 0.114. The van der Waals surface area contributed by atoms with Crippen molar-refractivity contribution in [2.45, 2.75) is 82.2 Å². The van der Waals surface area contributed by atoms with Crippen molar-refractivity contribution in [3.05, 3.63) is 0 Å². The van der Waals surface area contributed by atoms with Crippen molar-refractivity contribution >= 4 is 18.3 Å². The average molecular weight is 371 g/mol. The number of amides is 1. The summed E-state index contributed by atoms with van der Waals surface area (Å²) in [6.07, 6.45) is 14.1. The molecule has 0 unspecified atom stereocenters. The topological polar surface area (TPSA) is 52.6 Å². The second kappa shape index (κ2) is 8.14. The predicted octanol–water partition coefficient (Wildman–Crippen LogP) is 3.12. The number of carbonyl (C=O) groups excluding carboxylic acids is 1. The smallest absolute Gasteiger partial charge is 0.234 e. The fourth-order valence-electron chi connectivity index (χ4n) is 6.75. The van der Waals surface area contributed by atoms with Gasteiger partial charge in [0.1, 0.15) is 0 Å². The number of nitrogens with one attached hydrogen (secondary N) is 1. The molecule has 5 saturated carbocycles. The van der Waals surface area contributed by atoms with Crippen LogP contribution in [-0.4, -0.2) is 47.2 Å². The molecule has 4 nitrogen and oxygen atoms in total. The van der Waals surface area contributed by atoms with Gasteiger partial charge in [0.2, 0.25) is 5.91 Å². The third-order valence-corrected chi connectivity index (χ3v) is 7.27. The van der Waals surface area contributed by atoms with Crippen LogP contribution in [-0.2, 0) is 4.79 Å². The molecule has 5 heteroatoms. The molecule has 144 valence electrons. The lowest BCUT2D eigenvalue weighted by atomic mass is 9.53. The van der Waals surface area contributed by atoms with Gasteiger partial charge in [-0.05, 0) is 69.1 Å². The third-order valence-electron chi connectivity index (χ3n) is 7.27. The fourth-order valence-corrected chi connectivity index (χ4v) is 6.75. The average Bonchev–Trinajstić information content (AvgIpc) is 2.53. The van der Waals surface area contributed by atoms with Gasteiger partial charge in [-0.15, -0.1) is 12.4 Å². The summed E-state index contributed by atoms with van der Waals surface area (Å²) in [4.78, 5) is 15.1. The van der Waals surface area contributed by atoms with Gasteiger partial charge in [-0.1, -0.05) is 19.3 Å². The Morgan fingerprint density at radius 2 is 1.56 bits per heavy atom. The van der Waals surface area contributed by atoms with Crippen LogP contribution in [0.5, 0.6) is 0 Å². The molecule has 5 aliphatic rings. The first-order valence-corrected chi connectivity index (χ1v) is 10.3. The standard InChI is InChI=1S/C20H34N2O2.ClH/c23-7-6-22(18-4-2-1-3-5-18)14-19(24)21-20-11-15-8-16(12-20)10-17(9-15)13-20;/h15-18,23H,1-14H2,(H,21,24);1H. The van der Waals surface area contributed by atoms with Crippen LogP contribution in [0, 0.1) is 17.8 Å². The molecule has 5 aliphatic carbocycles. The van der Waals surface area contributed by atoms with E-state index in [0.717, 1.165) is 17.8 Å². The molecular formula is C20H35ClN2O2. The van der Waals surface area contributed by atoms with Crippen LogP contribution >= 0.6 is 12.4 Å². The maximum absolute atomic E-state index is 12.8. The highest BCUT2D eigenvalue weighted by molar-refractivity contribution is 5.85. The van der Waals surface area contributed by atoms with Gasteiger partial charge in [0.05, 0.1) is 13.2 Å². The molecule has 25 heavy (non-hydrogen) atoms. The zero-order valence-corrected chi connectivity index (χ0v) is 16.2. The van der Waals surface area contributed by atoms with Crippen molar-refractivity contribution in [3.8, 4) is 0 Å². The van der Waals surface area contributed by atoms with Crippen molar-refractivity contribution in [1.82, 2.24) is 10.2 Å². The maximum atomic E-state index is 12.8. The van der Waals surface area contributed by atoms with E-state index in [1.807, 2.05) is 0 Å². The number of aliphatic hydroxyl groups excluding tert-OH is 1. The summed E-state index contributed by atoms with van der Waals surface area (Å²) in [6, 6.07) is 0.494. The van der Waals surface area contributed by atoms with Gasteiger partial charge in [-0.25, -0.2) is 0 Å². The fraction of sp³-hybridized carbons (Fsp3) is 0.950. The maximum Gasteiger partial charge on any atom is 0.234 e. The summed E-state index contributed by atoms with van der Waals surface area (Å²) in [5, 5.41) is 12.9. The lowest BCUT2D eigenvalue weighted by molar-refractivity contribution is -0.128. The number of hydrogen-bond donors (Lipinski definition) is 2. The minimum Gasteiger partial charge on any atom is -0.395 e. The molecule has 0 heterocycles. The quantitative estimate of drug-likeness (QED) is 0.755. The molecule has 0 spiro atoms. The Morgan fingerprint density at radius 1 is 1.00 bits per heavy atom. The van der Waals surface area contributed by atoms with Crippen LogP contribution in [0.2, 0.25) is 0 Å². The molecule has 0 aliphatic heterocycles. The third kappa shape index (κ3) is 4.33. The van der Waals surface area contributed by atoms with Gasteiger partial charge in [0.15, 0.2) is 0 Å². The normalized spacial score (nSPS) is 37.1. The van der Waals surface area contributed by atoms with E-state index >= 15 is 0 Å². The monoisotopic (exact) mass is 370 g/mol. The first-order valence-electron chi connectivity index (χ1n) is 10.3. The van der Waals surface area contributed by atoms with Crippen LogP contribution in [0.1, 0.15) is 70.6 Å². The number of nitrogens with zero attached hydrogens (tertiary/aromatic N) is 1. The molecule has 1 amide bonds. The highest BCUT2D eigenvalue weighted by atomic mass is 35.5. The number of rotatable bonds is 6. The van der Waals surface area contributed by atoms with Crippen molar-refractivity contribution in [2.75, 3.05) is 19.7 Å². The molecular weight excluding hydrogens is 336 g/mol. The van der Waals surface area contributed by atoms with E-state index in [1.165, 1.54) is 70.6 Å². The van der Waals surface area contributed by atoms with Gasteiger partial charge in [0, 0.05) is 18.1 Å². The summed E-state index contributed by atoms with van der Waals surface area (Å²) >= 11 is 0. The minimum atomic E-state index is 0. The molecule has 0 aromatic rings. The van der Waals surface area contributed by atoms with Gasteiger partial charge >= 0.3 is 0 Å². The van der Waals surface area contributed by atoms with Gasteiger partial charge in [-0.3, -0.25) is 9.69 Å². The predicted molar refractivity (Wildman–Crippen MR) is 102 cm³/mol. The van der Waals surface area contributed by atoms with E-state index < -0.39 is 0 Å². The van der Waals surface area contributed by atoms with Gasteiger partial charge in [0.25, 0.3) is 0 Å². The van der Waals surface area contributed by atoms with Crippen LogP contribution in [0.15, 0.2) is 0 Å². The molecule has 5 fully saturated rings. The van der Waals surface area contributed by atoms with E-state index in [0.29, 0.717) is 19.1 Å². The van der Waals surface area contributed by atoms with Crippen LogP contribution in [0.3, 0.4) is 0 Å². The Balaban J connectivity index is 0.00000182. The summed E-state index contributed by atoms with van der Waals surface area (Å²) in [6.45, 7) is 1.27. The summed E-state index contributed by atoms with van der Waals surface area (Å²) in [7, 11) is 0. The Kier molecular flexibility index (Phi) is 6.33. The highest BCUT2D eigenvalue weighted by Gasteiger charge is 2.51. The molecule has 0 atom stereocenters. The van der Waals surface area contributed by atoms with Gasteiger partial charge in [-0.2, -0.15) is 0 Å². The zero-order chi connectivity index (χ0) is 16.6. The number of carbonyl (C=O) groups is 1. The van der Waals surface area contributed by atoms with Crippen molar-refractivity contribution < 1.29 is 9.90 Å². The zero-order valence-electron chi connectivity index (χ0n) is 15.4. The first-order chi connectivity index (χ1) is 11.7. The Bertz CT molecular complexity index is 429. The van der Waals surface area contributed by atoms with E-state index in [4.69, 9.17) is 0 Å². The highest BCUT2D eigenvalue weighted by Crippen LogP contribution is 2.55. The van der Waals surface area contributed by atoms with Gasteiger partial charge < -0.3 is 10.4 Å². The molecule has 2 N–H and O–H groups in total. The molecule has 0 saturated heterocycles. The number of halogens is 1. The molecule has 0 radical (unpaired) electrons. The molecule has 4 bridgehead atoms. The summed E-state index contributed by atoms with van der Waals surface area (Å²) in [5.74, 6) is 2.80. The van der Waals surface area contributed by atoms with E-state index in [1.54, 1.807) is 0 Å². The molecule has 0 aromatic carbocycles. The summed E-state index contributed by atoms with van der Waals surface area (Å²) < 4.78 is 0. The van der Waals surface area contributed by atoms with Crippen LogP contribution in [0.25, 0.3) is 0 Å². The number of hydrogen-bond acceptors (Lipinski definition) is 3. The first kappa shape index (κ1) is 19.4. The second-order valence-electron chi connectivity index (χ2n) is 9.23.